The number of hydrogen-bond donors (Lipinski definition) is 0. The Labute approximate surface area is 86.3 Å². The number of hydrogen-bond acceptors (Lipinski definition) is 3. The van der Waals surface area contributed by atoms with Gasteiger partial charge in [-0.15, -0.1) is 0 Å². The van der Waals surface area contributed by atoms with E-state index in [1.54, 1.807) is 0 Å². The lowest BCUT2D eigenvalue weighted by Crippen LogP contribution is -2.09. The van der Waals surface area contributed by atoms with E-state index in [-0.39, 0.29) is 12.4 Å². The number of benzene rings is 1. The van der Waals surface area contributed by atoms with E-state index in [2.05, 4.69) is 10.0 Å². The van der Waals surface area contributed by atoms with Gasteiger partial charge in [-0.3, -0.25) is 4.79 Å². The van der Waals surface area contributed by atoms with Gasteiger partial charge in [0.15, 0.2) is 0 Å². The molecular formula is C10H9N3O2. The molecule has 15 heavy (non-hydrogen) atoms. The lowest BCUT2D eigenvalue weighted by molar-refractivity contribution is -0.141. The number of azide groups is 1. The van der Waals surface area contributed by atoms with Gasteiger partial charge in [-0.05, 0) is 11.1 Å². The summed E-state index contributed by atoms with van der Waals surface area (Å²) in [6.45, 7) is 0. The maximum atomic E-state index is 11.1. The molecule has 5 nitrogen and oxygen atoms in total. The minimum atomic E-state index is -0.436. The Hall–Kier alpha value is -2.00. The van der Waals surface area contributed by atoms with Crippen molar-refractivity contribution < 1.29 is 9.53 Å². The Morgan fingerprint density at radius 3 is 2.80 bits per heavy atom. The highest BCUT2D eigenvalue weighted by Crippen LogP contribution is 2.32. The SMILES string of the molecule is [N-]=[N+]=NC1CC(=O)OC1c1ccccc1. The van der Waals surface area contributed by atoms with Crippen molar-refractivity contribution >= 4 is 5.97 Å². The molecule has 1 heterocycles. The minimum absolute atomic E-state index is 0.156. The summed E-state index contributed by atoms with van der Waals surface area (Å²) in [5.41, 5.74) is 9.23. The molecule has 0 aliphatic carbocycles. The standard InChI is InChI=1S/C10H9N3O2/c11-13-12-8-6-9(14)15-10(8)7-4-2-1-3-5-7/h1-5,8,10H,6H2. The van der Waals surface area contributed by atoms with Crippen LogP contribution in [-0.4, -0.2) is 12.0 Å². The van der Waals surface area contributed by atoms with Crippen LogP contribution in [0, 0.1) is 0 Å². The van der Waals surface area contributed by atoms with Crippen molar-refractivity contribution in [3.63, 3.8) is 0 Å². The van der Waals surface area contributed by atoms with Gasteiger partial charge in [0.1, 0.15) is 6.10 Å². The maximum Gasteiger partial charge on any atom is 0.306 e. The molecule has 0 radical (unpaired) electrons. The molecule has 0 aromatic heterocycles. The first-order chi connectivity index (χ1) is 7.31. The average molecular weight is 203 g/mol. The fourth-order valence-corrected chi connectivity index (χ4v) is 1.65. The van der Waals surface area contributed by atoms with Gasteiger partial charge in [-0.1, -0.05) is 35.4 Å². The Kier molecular flexibility index (Phi) is 2.56. The highest BCUT2D eigenvalue weighted by Gasteiger charge is 2.34. The van der Waals surface area contributed by atoms with Gasteiger partial charge in [0.05, 0.1) is 12.5 Å². The van der Waals surface area contributed by atoms with Crippen molar-refractivity contribution in [2.24, 2.45) is 5.11 Å². The van der Waals surface area contributed by atoms with Gasteiger partial charge in [-0.25, -0.2) is 0 Å². The molecule has 76 valence electrons. The second kappa shape index (κ2) is 4.02. The summed E-state index contributed by atoms with van der Waals surface area (Å²) in [5, 5.41) is 3.57. The van der Waals surface area contributed by atoms with Gasteiger partial charge in [0.2, 0.25) is 0 Å². The van der Waals surface area contributed by atoms with Crippen LogP contribution in [0.1, 0.15) is 18.1 Å². The van der Waals surface area contributed by atoms with Crippen molar-refractivity contribution in [3.8, 4) is 0 Å². The molecule has 2 atom stereocenters. The lowest BCUT2D eigenvalue weighted by Gasteiger charge is -2.13. The van der Waals surface area contributed by atoms with E-state index < -0.39 is 12.1 Å². The van der Waals surface area contributed by atoms with Crippen LogP contribution in [0.3, 0.4) is 0 Å². The molecule has 2 rings (SSSR count). The van der Waals surface area contributed by atoms with Gasteiger partial charge < -0.3 is 4.74 Å². The summed E-state index contributed by atoms with van der Waals surface area (Å²) in [6.07, 6.45) is -0.279. The van der Waals surface area contributed by atoms with Crippen molar-refractivity contribution in [2.75, 3.05) is 0 Å². The second-order valence-corrected chi connectivity index (χ2v) is 3.30. The highest BCUT2D eigenvalue weighted by atomic mass is 16.6. The molecule has 0 spiro atoms. The number of esters is 1. The number of carbonyl (C=O) groups excluding carboxylic acids is 1. The first-order valence-electron chi connectivity index (χ1n) is 4.60. The molecule has 5 heteroatoms. The number of ether oxygens (including phenoxy) is 1. The van der Waals surface area contributed by atoms with Crippen molar-refractivity contribution in [1.29, 1.82) is 0 Å². The van der Waals surface area contributed by atoms with E-state index >= 15 is 0 Å². The van der Waals surface area contributed by atoms with Crippen LogP contribution in [0.2, 0.25) is 0 Å². The zero-order chi connectivity index (χ0) is 10.7. The molecule has 1 aromatic rings. The Morgan fingerprint density at radius 1 is 1.40 bits per heavy atom. The number of cyclic esters (lactones) is 1. The number of carbonyl (C=O) groups is 1. The molecule has 0 saturated carbocycles. The predicted molar refractivity (Wildman–Crippen MR) is 52.8 cm³/mol. The molecule has 1 saturated heterocycles. The van der Waals surface area contributed by atoms with Crippen LogP contribution in [0.5, 0.6) is 0 Å². The molecule has 0 amide bonds. The van der Waals surface area contributed by atoms with Gasteiger partial charge >= 0.3 is 5.97 Å². The first-order valence-corrected chi connectivity index (χ1v) is 4.60. The van der Waals surface area contributed by atoms with Crippen molar-refractivity contribution in [1.82, 2.24) is 0 Å². The summed E-state index contributed by atoms with van der Waals surface area (Å²) in [4.78, 5) is 13.8. The summed E-state index contributed by atoms with van der Waals surface area (Å²) in [6, 6.07) is 8.86. The average Bonchev–Trinajstić information content (AvgIpc) is 2.62. The van der Waals surface area contributed by atoms with Crippen LogP contribution in [0.25, 0.3) is 10.4 Å². The molecule has 1 aromatic carbocycles. The second-order valence-electron chi connectivity index (χ2n) is 3.30. The molecule has 1 aliphatic rings. The number of nitrogens with zero attached hydrogens (tertiary/aromatic N) is 3. The van der Waals surface area contributed by atoms with Crippen LogP contribution in [0.15, 0.2) is 35.4 Å². The number of rotatable bonds is 2. The third kappa shape index (κ3) is 1.92. The molecule has 1 aliphatic heterocycles. The van der Waals surface area contributed by atoms with E-state index in [9.17, 15) is 4.79 Å². The third-order valence-electron chi connectivity index (χ3n) is 2.31. The monoisotopic (exact) mass is 203 g/mol. The van der Waals surface area contributed by atoms with E-state index in [0.29, 0.717) is 0 Å². The fraction of sp³-hybridized carbons (Fsp3) is 0.300. The van der Waals surface area contributed by atoms with E-state index in [4.69, 9.17) is 10.3 Å². The van der Waals surface area contributed by atoms with Crippen LogP contribution >= 0.6 is 0 Å². The Morgan fingerprint density at radius 2 is 2.13 bits per heavy atom. The van der Waals surface area contributed by atoms with Crippen LogP contribution < -0.4 is 0 Å². The minimum Gasteiger partial charge on any atom is -0.457 e. The molecule has 0 bridgehead atoms. The van der Waals surface area contributed by atoms with E-state index in [1.807, 2.05) is 30.3 Å². The Balaban J connectivity index is 2.28. The molecule has 2 unspecified atom stereocenters. The predicted octanol–water partition coefficient (Wildman–Crippen LogP) is 2.35. The summed E-state index contributed by atoms with van der Waals surface area (Å²) in [5.74, 6) is -0.318. The largest absolute Gasteiger partial charge is 0.457 e. The topological polar surface area (TPSA) is 75.1 Å². The fourth-order valence-electron chi connectivity index (χ4n) is 1.65. The molecule has 1 fully saturated rings. The van der Waals surface area contributed by atoms with Crippen LogP contribution in [-0.2, 0) is 9.53 Å². The zero-order valence-corrected chi connectivity index (χ0v) is 7.91. The Bertz CT molecular complexity index is 412. The smallest absolute Gasteiger partial charge is 0.306 e. The maximum absolute atomic E-state index is 11.1. The first kappa shape index (κ1) is 9.55. The molecule has 0 N–H and O–H groups in total. The van der Waals surface area contributed by atoms with Gasteiger partial charge in [0, 0.05) is 4.91 Å². The van der Waals surface area contributed by atoms with E-state index in [1.165, 1.54) is 0 Å². The third-order valence-corrected chi connectivity index (χ3v) is 2.31. The van der Waals surface area contributed by atoms with Gasteiger partial charge in [-0.2, -0.15) is 0 Å². The van der Waals surface area contributed by atoms with Crippen molar-refractivity contribution in [2.45, 2.75) is 18.6 Å². The highest BCUT2D eigenvalue weighted by molar-refractivity contribution is 5.73. The summed E-state index contributed by atoms with van der Waals surface area (Å²) >= 11 is 0. The van der Waals surface area contributed by atoms with E-state index in [0.717, 1.165) is 5.56 Å². The molecular weight excluding hydrogens is 194 g/mol. The van der Waals surface area contributed by atoms with Crippen LogP contribution in [0.4, 0.5) is 0 Å². The van der Waals surface area contributed by atoms with Crippen molar-refractivity contribution in [3.05, 3.63) is 46.3 Å². The summed E-state index contributed by atoms with van der Waals surface area (Å²) < 4.78 is 5.11. The zero-order valence-electron chi connectivity index (χ0n) is 7.91. The summed E-state index contributed by atoms with van der Waals surface area (Å²) in [7, 11) is 0. The van der Waals surface area contributed by atoms with Gasteiger partial charge in [0.25, 0.3) is 0 Å². The quantitative estimate of drug-likeness (QED) is 0.320. The normalized spacial score (nSPS) is 24.4. The lowest BCUT2D eigenvalue weighted by atomic mass is 10.0.